The maximum atomic E-state index is 13.2. The van der Waals surface area contributed by atoms with Crippen LogP contribution in [0.4, 0.5) is 4.39 Å². The van der Waals surface area contributed by atoms with Crippen LogP contribution in [0.1, 0.15) is 31.9 Å². The van der Waals surface area contributed by atoms with Crippen LogP contribution < -0.4 is 5.32 Å². The monoisotopic (exact) mass is 339 g/mol. The molecular formula is C18H23ClFNO2. The van der Waals surface area contributed by atoms with Crippen molar-refractivity contribution >= 4 is 11.6 Å². The molecule has 23 heavy (non-hydrogen) atoms. The third-order valence-corrected chi connectivity index (χ3v) is 3.74. The van der Waals surface area contributed by atoms with Crippen molar-refractivity contribution in [3.63, 3.8) is 0 Å². The molecule has 3 nitrogen and oxygen atoms in total. The molecule has 1 aromatic carbocycles. The van der Waals surface area contributed by atoms with Crippen molar-refractivity contribution in [2.24, 2.45) is 0 Å². The number of furan rings is 1. The van der Waals surface area contributed by atoms with Gasteiger partial charge in [0, 0.05) is 18.8 Å². The number of unbranched alkanes of at least 4 members (excludes halogenated alkanes) is 1. The molecule has 1 heterocycles. The average Bonchev–Trinajstić information content (AvgIpc) is 3.01. The second kappa shape index (κ2) is 9.71. The van der Waals surface area contributed by atoms with E-state index in [2.05, 4.69) is 12.2 Å². The summed E-state index contributed by atoms with van der Waals surface area (Å²) in [7, 11) is 0. The van der Waals surface area contributed by atoms with Crippen molar-refractivity contribution in [2.45, 2.75) is 32.7 Å². The van der Waals surface area contributed by atoms with Crippen LogP contribution in [0.3, 0.4) is 0 Å². The summed E-state index contributed by atoms with van der Waals surface area (Å²) in [6.07, 6.45) is 3.26. The molecule has 0 aliphatic rings. The fourth-order valence-electron chi connectivity index (χ4n) is 2.14. The summed E-state index contributed by atoms with van der Waals surface area (Å²) in [5.74, 6) is 1.10. The lowest BCUT2D eigenvalue weighted by Crippen LogP contribution is -2.16. The van der Waals surface area contributed by atoms with Crippen molar-refractivity contribution in [1.82, 2.24) is 5.32 Å². The summed E-state index contributed by atoms with van der Waals surface area (Å²) in [6, 6.07) is 8.36. The summed E-state index contributed by atoms with van der Waals surface area (Å²) >= 11 is 5.79. The third kappa shape index (κ3) is 5.98. The largest absolute Gasteiger partial charge is 0.460 e. The standard InChI is InChI=1S/C18H23ClFNO2/c1-2-3-10-22-11-4-9-21-13-15-6-8-18(23-15)14-5-7-17(20)16(19)12-14/h5-8,12,21H,2-4,9-11,13H2,1H3. The number of hydrogen-bond donors (Lipinski definition) is 1. The van der Waals surface area contributed by atoms with E-state index in [-0.39, 0.29) is 5.02 Å². The van der Waals surface area contributed by atoms with Gasteiger partial charge in [-0.05, 0) is 49.7 Å². The smallest absolute Gasteiger partial charge is 0.141 e. The highest BCUT2D eigenvalue weighted by Crippen LogP contribution is 2.26. The first-order valence-electron chi connectivity index (χ1n) is 8.03. The predicted octanol–water partition coefficient (Wildman–Crippen LogP) is 5.04. The van der Waals surface area contributed by atoms with Crippen molar-refractivity contribution in [3.05, 3.63) is 46.9 Å². The van der Waals surface area contributed by atoms with Crippen molar-refractivity contribution in [1.29, 1.82) is 0 Å². The van der Waals surface area contributed by atoms with E-state index in [1.165, 1.54) is 12.5 Å². The topological polar surface area (TPSA) is 34.4 Å². The zero-order chi connectivity index (χ0) is 16.5. The Morgan fingerprint density at radius 3 is 2.78 bits per heavy atom. The summed E-state index contributed by atoms with van der Waals surface area (Å²) in [6.45, 7) is 5.32. The zero-order valence-corrected chi connectivity index (χ0v) is 14.2. The second-order valence-corrected chi connectivity index (χ2v) is 5.80. The Morgan fingerprint density at radius 2 is 2.00 bits per heavy atom. The summed E-state index contributed by atoms with van der Waals surface area (Å²) in [4.78, 5) is 0. The van der Waals surface area contributed by atoms with Crippen LogP contribution >= 0.6 is 11.6 Å². The van der Waals surface area contributed by atoms with Crippen LogP contribution in [0.15, 0.2) is 34.7 Å². The van der Waals surface area contributed by atoms with E-state index in [1.807, 2.05) is 12.1 Å². The minimum Gasteiger partial charge on any atom is -0.460 e. The van der Waals surface area contributed by atoms with Gasteiger partial charge in [-0.2, -0.15) is 0 Å². The van der Waals surface area contributed by atoms with Gasteiger partial charge >= 0.3 is 0 Å². The molecule has 2 rings (SSSR count). The van der Waals surface area contributed by atoms with E-state index in [4.69, 9.17) is 20.8 Å². The molecule has 0 spiro atoms. The molecule has 0 saturated heterocycles. The number of nitrogens with one attached hydrogen (secondary N) is 1. The van der Waals surface area contributed by atoms with Gasteiger partial charge in [-0.1, -0.05) is 24.9 Å². The third-order valence-electron chi connectivity index (χ3n) is 3.45. The number of hydrogen-bond acceptors (Lipinski definition) is 3. The van der Waals surface area contributed by atoms with Crippen LogP contribution in [0.25, 0.3) is 11.3 Å². The van der Waals surface area contributed by atoms with E-state index in [0.717, 1.165) is 43.9 Å². The first-order chi connectivity index (χ1) is 11.2. The number of halogens is 2. The van der Waals surface area contributed by atoms with Gasteiger partial charge in [-0.25, -0.2) is 4.39 Å². The summed E-state index contributed by atoms with van der Waals surface area (Å²) < 4.78 is 24.4. The minimum absolute atomic E-state index is 0.0987. The molecule has 0 radical (unpaired) electrons. The van der Waals surface area contributed by atoms with E-state index < -0.39 is 5.82 Å². The first-order valence-corrected chi connectivity index (χ1v) is 8.41. The Balaban J connectivity index is 1.71. The molecule has 0 atom stereocenters. The molecule has 0 amide bonds. The molecule has 0 aliphatic carbocycles. The number of ether oxygens (including phenoxy) is 1. The van der Waals surface area contributed by atoms with Crippen LogP contribution in [0.5, 0.6) is 0 Å². The number of rotatable bonds is 10. The summed E-state index contributed by atoms with van der Waals surface area (Å²) in [5.41, 5.74) is 0.770. The molecule has 5 heteroatoms. The lowest BCUT2D eigenvalue weighted by molar-refractivity contribution is 0.128. The van der Waals surface area contributed by atoms with Gasteiger partial charge in [0.1, 0.15) is 17.3 Å². The van der Waals surface area contributed by atoms with E-state index >= 15 is 0 Å². The lowest BCUT2D eigenvalue weighted by Gasteiger charge is -2.04. The SMILES string of the molecule is CCCCOCCCNCc1ccc(-c2ccc(F)c(Cl)c2)o1. The molecule has 126 valence electrons. The molecule has 0 unspecified atom stereocenters. The molecule has 1 N–H and O–H groups in total. The average molecular weight is 340 g/mol. The van der Waals surface area contributed by atoms with Crippen LogP contribution in [-0.2, 0) is 11.3 Å². The van der Waals surface area contributed by atoms with E-state index in [9.17, 15) is 4.39 Å². The molecule has 0 fully saturated rings. The molecular weight excluding hydrogens is 317 g/mol. The van der Waals surface area contributed by atoms with Gasteiger partial charge in [0.2, 0.25) is 0 Å². The van der Waals surface area contributed by atoms with Gasteiger partial charge < -0.3 is 14.5 Å². The minimum atomic E-state index is -0.426. The maximum Gasteiger partial charge on any atom is 0.141 e. The Labute approximate surface area is 141 Å². The maximum absolute atomic E-state index is 13.2. The van der Waals surface area contributed by atoms with Gasteiger partial charge in [0.05, 0.1) is 11.6 Å². The molecule has 2 aromatic rings. The Hall–Kier alpha value is -1.36. The van der Waals surface area contributed by atoms with E-state index in [0.29, 0.717) is 12.3 Å². The van der Waals surface area contributed by atoms with Crippen LogP contribution in [0.2, 0.25) is 5.02 Å². The van der Waals surface area contributed by atoms with Crippen molar-refractivity contribution in [3.8, 4) is 11.3 Å². The Morgan fingerprint density at radius 1 is 1.17 bits per heavy atom. The zero-order valence-electron chi connectivity index (χ0n) is 13.4. The first kappa shape index (κ1) is 18.0. The highest BCUT2D eigenvalue weighted by atomic mass is 35.5. The van der Waals surface area contributed by atoms with Crippen LogP contribution in [-0.4, -0.2) is 19.8 Å². The Kier molecular flexibility index (Phi) is 7.59. The van der Waals surface area contributed by atoms with Gasteiger partial charge in [-0.15, -0.1) is 0 Å². The quantitative estimate of drug-likeness (QED) is 0.616. The number of benzene rings is 1. The van der Waals surface area contributed by atoms with Crippen LogP contribution in [0, 0.1) is 5.82 Å². The molecule has 0 aliphatic heterocycles. The lowest BCUT2D eigenvalue weighted by atomic mass is 10.2. The van der Waals surface area contributed by atoms with Crippen molar-refractivity contribution in [2.75, 3.05) is 19.8 Å². The molecule has 1 aromatic heterocycles. The second-order valence-electron chi connectivity index (χ2n) is 5.39. The van der Waals surface area contributed by atoms with Gasteiger partial charge in [-0.3, -0.25) is 0 Å². The van der Waals surface area contributed by atoms with E-state index in [1.54, 1.807) is 12.1 Å². The molecule has 0 saturated carbocycles. The Bertz CT molecular complexity index is 600. The fourth-order valence-corrected chi connectivity index (χ4v) is 2.32. The van der Waals surface area contributed by atoms with Gasteiger partial charge in [0.15, 0.2) is 0 Å². The van der Waals surface area contributed by atoms with Gasteiger partial charge in [0.25, 0.3) is 0 Å². The summed E-state index contributed by atoms with van der Waals surface area (Å²) in [5, 5.41) is 3.42. The van der Waals surface area contributed by atoms with Crippen molar-refractivity contribution < 1.29 is 13.5 Å². The predicted molar refractivity (Wildman–Crippen MR) is 91.2 cm³/mol. The fraction of sp³-hybridized carbons (Fsp3) is 0.444. The normalized spacial score (nSPS) is 11.1. The molecule has 0 bridgehead atoms. The highest BCUT2D eigenvalue weighted by molar-refractivity contribution is 6.31. The highest BCUT2D eigenvalue weighted by Gasteiger charge is 2.07.